The smallest absolute Gasteiger partial charge is 0.305 e. The highest BCUT2D eigenvalue weighted by atomic mass is 16.5. The molecule has 0 aromatic carbocycles. The lowest BCUT2D eigenvalue weighted by molar-refractivity contribution is -0.143. The average molecular weight is 832 g/mol. The maximum absolute atomic E-state index is 12.4. The number of aliphatic hydroxyl groups is 2. The van der Waals surface area contributed by atoms with Crippen LogP contribution in [0.2, 0.25) is 0 Å². The molecular formula is C53H101NO5. The van der Waals surface area contributed by atoms with Crippen LogP contribution in [0.1, 0.15) is 277 Å². The van der Waals surface area contributed by atoms with Crippen molar-refractivity contribution >= 4 is 11.9 Å². The predicted molar refractivity (Wildman–Crippen MR) is 255 cm³/mol. The summed E-state index contributed by atoms with van der Waals surface area (Å²) >= 11 is 0. The van der Waals surface area contributed by atoms with Gasteiger partial charge in [-0.1, -0.05) is 231 Å². The predicted octanol–water partition coefficient (Wildman–Crippen LogP) is 15.5. The van der Waals surface area contributed by atoms with E-state index in [1.54, 1.807) is 6.08 Å². The molecule has 2 atom stereocenters. The SMILES string of the molecule is CCCCCCCC/C=C\CCCCCCCC(=O)OCCCCCCCCCCCCCCCCCCCCC(=O)NC(CO)C(O)/C=C/CCCCCCCCC. The molecule has 0 aliphatic carbocycles. The zero-order chi connectivity index (χ0) is 43.0. The van der Waals surface area contributed by atoms with Crippen LogP contribution in [0.4, 0.5) is 0 Å². The van der Waals surface area contributed by atoms with Crippen LogP contribution in [0.3, 0.4) is 0 Å². The maximum Gasteiger partial charge on any atom is 0.305 e. The number of rotatable bonds is 48. The zero-order valence-corrected chi connectivity index (χ0v) is 39.5. The quantitative estimate of drug-likeness (QED) is 0.0322. The lowest BCUT2D eigenvalue weighted by atomic mass is 10.0. The minimum atomic E-state index is -0.844. The number of hydrogen-bond acceptors (Lipinski definition) is 5. The van der Waals surface area contributed by atoms with Crippen LogP contribution in [0, 0.1) is 0 Å². The molecule has 2 unspecified atom stereocenters. The van der Waals surface area contributed by atoms with Crippen molar-refractivity contribution < 1.29 is 24.5 Å². The molecule has 1 amide bonds. The number of carbonyl (C=O) groups excluding carboxylic acids is 2. The first-order valence-electron chi connectivity index (χ1n) is 26.1. The molecule has 59 heavy (non-hydrogen) atoms. The largest absolute Gasteiger partial charge is 0.466 e. The van der Waals surface area contributed by atoms with Crippen LogP contribution >= 0.6 is 0 Å². The van der Waals surface area contributed by atoms with Crippen molar-refractivity contribution in [3.8, 4) is 0 Å². The van der Waals surface area contributed by atoms with E-state index >= 15 is 0 Å². The zero-order valence-electron chi connectivity index (χ0n) is 39.5. The molecule has 0 heterocycles. The molecule has 6 heteroatoms. The van der Waals surface area contributed by atoms with Gasteiger partial charge in [0.15, 0.2) is 0 Å². The lowest BCUT2D eigenvalue weighted by Crippen LogP contribution is -2.45. The highest BCUT2D eigenvalue weighted by molar-refractivity contribution is 5.76. The van der Waals surface area contributed by atoms with Crippen molar-refractivity contribution in [2.75, 3.05) is 13.2 Å². The second-order valence-electron chi connectivity index (χ2n) is 17.9. The molecule has 0 aromatic heterocycles. The number of amides is 1. The Hall–Kier alpha value is -1.66. The van der Waals surface area contributed by atoms with Gasteiger partial charge < -0.3 is 20.3 Å². The van der Waals surface area contributed by atoms with Crippen molar-refractivity contribution in [1.82, 2.24) is 5.32 Å². The number of aliphatic hydroxyl groups excluding tert-OH is 2. The lowest BCUT2D eigenvalue weighted by Gasteiger charge is -2.20. The van der Waals surface area contributed by atoms with Gasteiger partial charge in [-0.2, -0.15) is 0 Å². The fraction of sp³-hybridized carbons (Fsp3) is 0.887. The minimum Gasteiger partial charge on any atom is -0.466 e. The van der Waals surface area contributed by atoms with E-state index in [4.69, 9.17) is 4.74 Å². The summed E-state index contributed by atoms with van der Waals surface area (Å²) in [7, 11) is 0. The van der Waals surface area contributed by atoms with Gasteiger partial charge >= 0.3 is 5.97 Å². The summed E-state index contributed by atoms with van der Waals surface area (Å²) in [6.45, 7) is 4.86. The first-order valence-corrected chi connectivity index (χ1v) is 26.1. The number of ether oxygens (including phenoxy) is 1. The highest BCUT2D eigenvalue weighted by Crippen LogP contribution is 2.16. The Morgan fingerprint density at radius 1 is 0.458 bits per heavy atom. The number of hydrogen-bond donors (Lipinski definition) is 3. The van der Waals surface area contributed by atoms with Gasteiger partial charge in [0.25, 0.3) is 0 Å². The molecular weight excluding hydrogens is 731 g/mol. The van der Waals surface area contributed by atoms with Gasteiger partial charge in [0.1, 0.15) is 0 Å². The van der Waals surface area contributed by atoms with Crippen LogP contribution in [0.5, 0.6) is 0 Å². The van der Waals surface area contributed by atoms with E-state index < -0.39 is 12.1 Å². The fourth-order valence-electron chi connectivity index (χ4n) is 7.92. The van der Waals surface area contributed by atoms with E-state index in [0.717, 1.165) is 44.9 Å². The van der Waals surface area contributed by atoms with Crippen molar-refractivity contribution in [2.24, 2.45) is 0 Å². The Balaban J connectivity index is 3.40. The van der Waals surface area contributed by atoms with Gasteiger partial charge in [-0.05, 0) is 57.8 Å². The van der Waals surface area contributed by atoms with Gasteiger partial charge in [-0.15, -0.1) is 0 Å². The summed E-state index contributed by atoms with van der Waals surface area (Å²) in [6, 6.07) is -0.628. The summed E-state index contributed by atoms with van der Waals surface area (Å²) in [4.78, 5) is 24.4. The molecule has 3 N–H and O–H groups in total. The molecule has 6 nitrogen and oxygen atoms in total. The summed E-state index contributed by atoms with van der Waals surface area (Å²) in [6.07, 6.45) is 57.6. The number of allylic oxidation sites excluding steroid dienone is 3. The Bertz CT molecular complexity index is 920. The summed E-state index contributed by atoms with van der Waals surface area (Å²) in [5.41, 5.74) is 0. The molecule has 0 aliphatic heterocycles. The molecule has 348 valence electrons. The van der Waals surface area contributed by atoms with E-state index in [1.807, 2.05) is 6.08 Å². The molecule has 0 fully saturated rings. The third kappa shape index (κ3) is 45.7. The third-order valence-electron chi connectivity index (χ3n) is 12.0. The number of esters is 1. The summed E-state index contributed by atoms with van der Waals surface area (Å²) < 4.78 is 5.47. The highest BCUT2D eigenvalue weighted by Gasteiger charge is 2.18. The van der Waals surface area contributed by atoms with Gasteiger partial charge in [0.2, 0.25) is 5.91 Å². The van der Waals surface area contributed by atoms with Gasteiger partial charge in [-0.3, -0.25) is 9.59 Å². The molecule has 0 radical (unpaired) electrons. The van der Waals surface area contributed by atoms with Gasteiger partial charge in [0.05, 0.1) is 25.4 Å². The van der Waals surface area contributed by atoms with E-state index in [2.05, 4.69) is 31.3 Å². The van der Waals surface area contributed by atoms with Crippen molar-refractivity contribution in [2.45, 2.75) is 289 Å². The van der Waals surface area contributed by atoms with Crippen LogP contribution in [-0.4, -0.2) is 47.4 Å². The molecule has 0 spiro atoms. The van der Waals surface area contributed by atoms with Gasteiger partial charge in [-0.25, -0.2) is 0 Å². The van der Waals surface area contributed by atoms with Crippen LogP contribution in [0.15, 0.2) is 24.3 Å². The Kier molecular flexibility index (Phi) is 47.6. The fourth-order valence-corrected chi connectivity index (χ4v) is 7.92. The second-order valence-corrected chi connectivity index (χ2v) is 17.9. The topological polar surface area (TPSA) is 95.9 Å². The normalized spacial score (nSPS) is 12.8. The first-order chi connectivity index (χ1) is 29.0. The molecule has 0 rings (SSSR count). The Morgan fingerprint density at radius 3 is 1.20 bits per heavy atom. The molecule has 0 bridgehead atoms. The molecule has 0 aromatic rings. The molecule has 0 aliphatic rings. The van der Waals surface area contributed by atoms with E-state index in [-0.39, 0.29) is 18.5 Å². The van der Waals surface area contributed by atoms with E-state index in [1.165, 1.54) is 205 Å². The Morgan fingerprint density at radius 2 is 0.797 bits per heavy atom. The van der Waals surface area contributed by atoms with Gasteiger partial charge in [0, 0.05) is 12.8 Å². The van der Waals surface area contributed by atoms with E-state index in [0.29, 0.717) is 19.4 Å². The van der Waals surface area contributed by atoms with Crippen LogP contribution in [-0.2, 0) is 14.3 Å². The van der Waals surface area contributed by atoms with E-state index in [9.17, 15) is 19.8 Å². The first kappa shape index (κ1) is 57.3. The average Bonchev–Trinajstić information content (AvgIpc) is 3.24. The standard InChI is InChI=1S/C53H101NO5/c1-3-5-7-9-11-13-14-15-20-24-27-31-35-39-43-47-53(58)59-48-44-40-36-32-28-25-22-19-17-16-18-21-23-26-30-34-38-42-46-52(57)54-50(49-55)51(56)45-41-37-33-29-12-10-8-6-4-2/h15,20,41,45,50-51,55-56H,3-14,16-19,21-40,42-44,46-49H2,1-2H3,(H,54,57)/b20-15-,45-41+. The maximum atomic E-state index is 12.4. The van der Waals surface area contributed by atoms with Crippen molar-refractivity contribution in [3.63, 3.8) is 0 Å². The summed E-state index contributed by atoms with van der Waals surface area (Å²) in [5.74, 6) is -0.0770. The van der Waals surface area contributed by atoms with Crippen LogP contribution < -0.4 is 5.32 Å². The second kappa shape index (κ2) is 49.0. The minimum absolute atomic E-state index is 0.00198. The van der Waals surface area contributed by atoms with Crippen LogP contribution in [0.25, 0.3) is 0 Å². The monoisotopic (exact) mass is 832 g/mol. The van der Waals surface area contributed by atoms with Crippen molar-refractivity contribution in [1.29, 1.82) is 0 Å². The summed E-state index contributed by atoms with van der Waals surface area (Å²) in [5, 5.41) is 22.9. The number of nitrogens with one attached hydrogen (secondary N) is 1. The molecule has 0 saturated heterocycles. The Labute approximate surface area is 367 Å². The number of carbonyl (C=O) groups is 2. The third-order valence-corrected chi connectivity index (χ3v) is 12.0. The molecule has 0 saturated carbocycles. The van der Waals surface area contributed by atoms with Crippen molar-refractivity contribution in [3.05, 3.63) is 24.3 Å². The number of unbranched alkanes of at least 4 members (excludes halogenated alkanes) is 35.